The van der Waals surface area contributed by atoms with Crippen LogP contribution in [0.3, 0.4) is 0 Å². The number of hydrogen-bond donors (Lipinski definition) is 1. The van der Waals surface area contributed by atoms with Crippen LogP contribution in [0.1, 0.15) is 26.3 Å². The molecule has 0 aliphatic rings. The summed E-state index contributed by atoms with van der Waals surface area (Å²) in [7, 11) is -0.126. The molecule has 0 aliphatic heterocycles. The van der Waals surface area contributed by atoms with E-state index in [1.807, 2.05) is 0 Å². The second-order valence-electron chi connectivity index (χ2n) is 10.5. The van der Waals surface area contributed by atoms with Gasteiger partial charge in [-0.15, -0.1) is 0 Å². The Bertz CT molecular complexity index is 1220. The van der Waals surface area contributed by atoms with Crippen LogP contribution in [-0.2, 0) is 5.41 Å². The Balaban J connectivity index is 1.95. The summed E-state index contributed by atoms with van der Waals surface area (Å²) in [6.45, 7) is 11.1. The fourth-order valence-corrected chi connectivity index (χ4v) is 7.09. The average Bonchev–Trinajstić information content (AvgIpc) is 2.83. The minimum absolute atomic E-state index is 0.125. The summed E-state index contributed by atoms with van der Waals surface area (Å²) in [5.41, 5.74) is 6.88. The van der Waals surface area contributed by atoms with Gasteiger partial charge in [0.15, 0.2) is 8.24 Å². The van der Waals surface area contributed by atoms with Crippen LogP contribution in [0.5, 0.6) is 5.75 Å². The van der Waals surface area contributed by atoms with E-state index < -0.39 is 8.24 Å². The van der Waals surface area contributed by atoms with E-state index in [0.717, 1.165) is 10.8 Å². The van der Waals surface area contributed by atoms with Crippen LogP contribution in [0.15, 0.2) is 97.1 Å². The van der Waals surface area contributed by atoms with Crippen molar-refractivity contribution < 1.29 is 5.11 Å². The predicted octanol–water partition coefficient (Wildman–Crippen LogP) is 7.57. The molecule has 0 heterocycles. The zero-order chi connectivity index (χ0) is 24.5. The van der Waals surface area contributed by atoms with E-state index in [1.165, 1.54) is 27.9 Å². The zero-order valence-electron chi connectivity index (χ0n) is 21.1. The summed E-state index contributed by atoms with van der Waals surface area (Å²) in [6.07, 6.45) is 0. The zero-order valence-corrected chi connectivity index (χ0v) is 22.1. The second-order valence-corrected chi connectivity index (χ2v) is 14.8. The minimum atomic E-state index is -2.32. The molecule has 174 valence electrons. The summed E-state index contributed by atoms with van der Waals surface area (Å²) in [5, 5.41) is 12.5. The van der Waals surface area contributed by atoms with Crippen molar-refractivity contribution in [2.45, 2.75) is 39.3 Å². The van der Waals surface area contributed by atoms with Gasteiger partial charge in [0.05, 0.1) is 0 Å². The van der Waals surface area contributed by atoms with E-state index in [4.69, 9.17) is 0 Å². The summed E-state index contributed by atoms with van der Waals surface area (Å²) >= 11 is 0. The maximum atomic E-state index is 11.4. The molecule has 0 aromatic heterocycles. The highest BCUT2D eigenvalue weighted by Crippen LogP contribution is 2.41. The summed E-state index contributed by atoms with van der Waals surface area (Å²) in [5.74, 6) is 0.442. The van der Waals surface area contributed by atoms with Crippen LogP contribution in [0.2, 0.25) is 13.1 Å². The molecule has 34 heavy (non-hydrogen) atoms. The number of hydrogen-bond acceptors (Lipinski definition) is 2. The van der Waals surface area contributed by atoms with Crippen molar-refractivity contribution in [3.05, 3.63) is 103 Å². The van der Waals surface area contributed by atoms with Crippen molar-refractivity contribution in [2.75, 3.05) is 11.6 Å². The number of nitrogens with zero attached hydrogens (tertiary/aromatic N) is 1. The topological polar surface area (TPSA) is 23.5 Å². The van der Waals surface area contributed by atoms with Crippen molar-refractivity contribution in [3.8, 4) is 28.0 Å². The van der Waals surface area contributed by atoms with Gasteiger partial charge >= 0.3 is 0 Å². The number of anilines is 1. The lowest BCUT2D eigenvalue weighted by Crippen LogP contribution is -2.57. The molecule has 4 aromatic rings. The van der Waals surface area contributed by atoms with E-state index in [0.29, 0.717) is 5.75 Å². The van der Waals surface area contributed by atoms with Crippen LogP contribution >= 0.6 is 0 Å². The van der Waals surface area contributed by atoms with E-state index in [2.05, 4.69) is 143 Å². The van der Waals surface area contributed by atoms with Crippen LogP contribution in [0.25, 0.3) is 22.3 Å². The third-order valence-electron chi connectivity index (χ3n) is 6.88. The molecule has 0 bridgehead atoms. The first-order valence-corrected chi connectivity index (χ1v) is 14.9. The van der Waals surface area contributed by atoms with Crippen LogP contribution in [0, 0.1) is 0 Å². The SMILES string of the molecule is CN(c1c(-c2ccccc2)cccc1-c1ccccc1)[Si](C)(C)c1cccc(C(C)(C)C)c1O. The fourth-order valence-electron chi connectivity index (χ4n) is 4.71. The molecule has 0 aliphatic carbocycles. The van der Waals surface area contributed by atoms with E-state index >= 15 is 0 Å². The van der Waals surface area contributed by atoms with Gasteiger partial charge < -0.3 is 9.67 Å². The Kier molecular flexibility index (Phi) is 6.42. The molecule has 0 saturated carbocycles. The lowest BCUT2D eigenvalue weighted by atomic mass is 9.86. The van der Waals surface area contributed by atoms with Crippen molar-refractivity contribution in [2.24, 2.45) is 0 Å². The lowest BCUT2D eigenvalue weighted by Gasteiger charge is -2.39. The van der Waals surface area contributed by atoms with Gasteiger partial charge in [0.25, 0.3) is 0 Å². The monoisotopic (exact) mass is 465 g/mol. The molecule has 0 radical (unpaired) electrons. The highest BCUT2D eigenvalue weighted by molar-refractivity contribution is 6.93. The highest BCUT2D eigenvalue weighted by atomic mass is 28.3. The molecule has 4 aromatic carbocycles. The van der Waals surface area contributed by atoms with Gasteiger partial charge in [-0.1, -0.05) is 118 Å². The number of phenolic OH excluding ortho intramolecular Hbond substituents is 1. The molecule has 2 nitrogen and oxygen atoms in total. The molecule has 4 rings (SSSR count). The predicted molar refractivity (Wildman–Crippen MR) is 150 cm³/mol. The van der Waals surface area contributed by atoms with E-state index in [9.17, 15) is 5.11 Å². The molecule has 3 heteroatoms. The quantitative estimate of drug-likeness (QED) is 0.307. The minimum Gasteiger partial charge on any atom is -0.508 e. The molecule has 0 unspecified atom stereocenters. The maximum Gasteiger partial charge on any atom is 0.185 e. The van der Waals surface area contributed by atoms with Crippen LogP contribution < -0.4 is 9.75 Å². The van der Waals surface area contributed by atoms with Crippen molar-refractivity contribution in [1.82, 2.24) is 0 Å². The first-order chi connectivity index (χ1) is 16.1. The lowest BCUT2D eigenvalue weighted by molar-refractivity contribution is 0.450. The average molecular weight is 466 g/mol. The van der Waals surface area contributed by atoms with Crippen molar-refractivity contribution in [3.63, 3.8) is 0 Å². The van der Waals surface area contributed by atoms with Gasteiger partial charge in [-0.25, -0.2) is 0 Å². The number of para-hydroxylation sites is 2. The number of rotatable bonds is 5. The van der Waals surface area contributed by atoms with Gasteiger partial charge in [-0.2, -0.15) is 0 Å². The fraction of sp³-hybridized carbons (Fsp3) is 0.226. The Morgan fingerprint density at radius 1 is 0.647 bits per heavy atom. The molecular formula is C31H35NOSi. The summed E-state index contributed by atoms with van der Waals surface area (Å²) < 4.78 is 2.46. The number of phenols is 1. The second kappa shape index (κ2) is 9.15. The smallest absolute Gasteiger partial charge is 0.185 e. The Hall–Kier alpha value is -3.30. The molecular weight excluding hydrogens is 430 g/mol. The first kappa shape index (κ1) is 23.8. The Morgan fingerprint density at radius 2 is 1.12 bits per heavy atom. The van der Waals surface area contributed by atoms with Gasteiger partial charge in [-0.3, -0.25) is 0 Å². The molecule has 1 N–H and O–H groups in total. The third-order valence-corrected chi connectivity index (χ3v) is 10.5. The largest absolute Gasteiger partial charge is 0.508 e. The van der Waals surface area contributed by atoms with Gasteiger partial charge in [0.2, 0.25) is 0 Å². The highest BCUT2D eigenvalue weighted by Gasteiger charge is 2.36. The van der Waals surface area contributed by atoms with E-state index in [1.54, 1.807) is 0 Å². The summed E-state index contributed by atoms with van der Waals surface area (Å²) in [6, 6.07) is 34.0. The number of benzene rings is 4. The molecule has 0 fully saturated rings. The van der Waals surface area contributed by atoms with Gasteiger partial charge in [0, 0.05) is 22.0 Å². The Labute approximate surface area is 205 Å². The normalized spacial score (nSPS) is 11.9. The first-order valence-electron chi connectivity index (χ1n) is 11.9. The van der Waals surface area contributed by atoms with Crippen molar-refractivity contribution >= 4 is 19.1 Å². The molecule has 0 saturated heterocycles. The third kappa shape index (κ3) is 4.40. The molecule has 0 spiro atoms. The number of aromatic hydroxyl groups is 1. The molecule has 0 amide bonds. The van der Waals surface area contributed by atoms with Crippen LogP contribution in [-0.4, -0.2) is 20.4 Å². The Morgan fingerprint density at radius 3 is 1.59 bits per heavy atom. The standard InChI is InChI=1S/C31H35NOSi/c1-31(2,3)27-21-14-22-28(30(27)33)34(5,6)32(4)29-25(23-15-9-7-10-16-23)19-13-20-26(29)24-17-11-8-12-18-24/h7-22,33H,1-6H3. The summed E-state index contributed by atoms with van der Waals surface area (Å²) in [4.78, 5) is 0. The van der Waals surface area contributed by atoms with Gasteiger partial charge in [0.1, 0.15) is 5.75 Å². The maximum absolute atomic E-state index is 11.4. The van der Waals surface area contributed by atoms with Gasteiger partial charge in [-0.05, 0) is 42.2 Å². The van der Waals surface area contributed by atoms with E-state index in [-0.39, 0.29) is 5.41 Å². The van der Waals surface area contributed by atoms with Crippen molar-refractivity contribution in [1.29, 1.82) is 0 Å². The molecule has 0 atom stereocenters. The van der Waals surface area contributed by atoms with Crippen LogP contribution in [0.4, 0.5) is 5.69 Å².